The molecule has 2 aromatic rings. The number of Topliss-reactive ketones (excluding diaryl/α,β-unsaturated/α-hetero) is 1. The normalized spacial score (nSPS) is 10.2. The van der Waals surface area contributed by atoms with Gasteiger partial charge >= 0.3 is 0 Å². The highest BCUT2D eigenvalue weighted by atomic mass is 32.2. The maximum absolute atomic E-state index is 12.7. The third-order valence-electron chi connectivity index (χ3n) is 2.44. The number of halogens is 1. The Morgan fingerprint density at radius 3 is 2.74 bits per heavy atom. The number of methoxy groups -OCH3 is 1. The van der Waals surface area contributed by atoms with E-state index in [1.54, 1.807) is 30.5 Å². The van der Waals surface area contributed by atoms with E-state index < -0.39 is 0 Å². The van der Waals surface area contributed by atoms with Gasteiger partial charge in [-0.05, 0) is 36.4 Å². The lowest BCUT2D eigenvalue weighted by atomic mass is 10.2. The van der Waals surface area contributed by atoms with Gasteiger partial charge in [-0.3, -0.25) is 4.79 Å². The summed E-state index contributed by atoms with van der Waals surface area (Å²) in [5.41, 5.74) is 0.319. The van der Waals surface area contributed by atoms with Gasteiger partial charge in [0.15, 0.2) is 5.78 Å². The number of rotatable bonds is 5. The van der Waals surface area contributed by atoms with Gasteiger partial charge in [0.25, 0.3) is 0 Å². The summed E-state index contributed by atoms with van der Waals surface area (Å²) in [6, 6.07) is 9.43. The van der Waals surface area contributed by atoms with Crippen molar-refractivity contribution in [2.75, 3.05) is 12.9 Å². The van der Waals surface area contributed by atoms with Crippen LogP contribution in [0.3, 0.4) is 0 Å². The summed E-state index contributed by atoms with van der Waals surface area (Å²) in [5, 5.41) is 0. The Hall–Kier alpha value is -1.88. The summed E-state index contributed by atoms with van der Waals surface area (Å²) in [5.74, 6) is 0.292. The van der Waals surface area contributed by atoms with E-state index >= 15 is 0 Å². The number of carbonyl (C=O) groups is 1. The summed E-state index contributed by atoms with van der Waals surface area (Å²) in [7, 11) is 1.50. The molecule has 3 nitrogen and oxygen atoms in total. The molecule has 98 valence electrons. The lowest BCUT2D eigenvalue weighted by Gasteiger charge is -2.05. The largest absolute Gasteiger partial charge is 0.494 e. The Morgan fingerprint density at radius 2 is 2.05 bits per heavy atom. The number of carbonyl (C=O) groups excluding carboxylic acids is 1. The van der Waals surface area contributed by atoms with Crippen molar-refractivity contribution in [3.8, 4) is 5.75 Å². The molecule has 0 aliphatic heterocycles. The highest BCUT2D eigenvalue weighted by Gasteiger charge is 2.13. The van der Waals surface area contributed by atoms with E-state index in [0.717, 1.165) is 4.90 Å². The number of nitrogens with zero attached hydrogens (tertiary/aromatic N) is 1. The maximum atomic E-state index is 12.7. The predicted molar refractivity (Wildman–Crippen MR) is 72.2 cm³/mol. The Kier molecular flexibility index (Phi) is 4.52. The molecule has 0 unspecified atom stereocenters. The van der Waals surface area contributed by atoms with Gasteiger partial charge in [0.05, 0.1) is 12.9 Å². The molecular formula is C14H12FNO2S. The first kappa shape index (κ1) is 13.5. The number of benzene rings is 1. The fourth-order valence-corrected chi connectivity index (χ4v) is 2.28. The summed E-state index contributed by atoms with van der Waals surface area (Å²) in [6.45, 7) is 0. The van der Waals surface area contributed by atoms with Gasteiger partial charge in [-0.2, -0.15) is 0 Å². The van der Waals surface area contributed by atoms with Crippen molar-refractivity contribution in [1.82, 2.24) is 4.98 Å². The molecule has 2 rings (SSSR count). The molecule has 0 N–H and O–H groups in total. The van der Waals surface area contributed by atoms with E-state index in [0.29, 0.717) is 11.4 Å². The fraction of sp³-hybridized carbons (Fsp3) is 0.143. The Labute approximate surface area is 114 Å². The quantitative estimate of drug-likeness (QED) is 0.621. The van der Waals surface area contributed by atoms with E-state index in [4.69, 9.17) is 4.74 Å². The van der Waals surface area contributed by atoms with E-state index in [9.17, 15) is 9.18 Å². The minimum atomic E-state index is -0.290. The molecule has 19 heavy (non-hydrogen) atoms. The topological polar surface area (TPSA) is 39.2 Å². The van der Waals surface area contributed by atoms with E-state index in [-0.39, 0.29) is 17.4 Å². The molecule has 0 bridgehead atoms. The minimum absolute atomic E-state index is 0.119. The summed E-state index contributed by atoms with van der Waals surface area (Å²) in [4.78, 5) is 16.9. The van der Waals surface area contributed by atoms with Crippen LogP contribution in [0.2, 0.25) is 0 Å². The molecule has 0 fully saturated rings. The Balaban J connectivity index is 2.03. The lowest BCUT2D eigenvalue weighted by Crippen LogP contribution is -2.07. The van der Waals surface area contributed by atoms with Crippen molar-refractivity contribution < 1.29 is 13.9 Å². The Morgan fingerprint density at radius 1 is 1.32 bits per heavy atom. The average Bonchev–Trinajstić information content (AvgIpc) is 2.46. The van der Waals surface area contributed by atoms with Gasteiger partial charge < -0.3 is 4.74 Å². The number of ether oxygens (including phenoxy) is 1. The molecular weight excluding hydrogens is 265 g/mol. The highest BCUT2D eigenvalue weighted by molar-refractivity contribution is 8.00. The van der Waals surface area contributed by atoms with Crippen molar-refractivity contribution in [3.63, 3.8) is 0 Å². The van der Waals surface area contributed by atoms with Gasteiger partial charge in [0.2, 0.25) is 0 Å². The summed E-state index contributed by atoms with van der Waals surface area (Å²) in [6.07, 6.45) is 1.55. The van der Waals surface area contributed by atoms with Crippen molar-refractivity contribution in [2.24, 2.45) is 0 Å². The Bertz CT molecular complexity index is 572. The van der Waals surface area contributed by atoms with Gasteiger partial charge in [-0.15, -0.1) is 11.8 Å². The molecule has 1 aromatic heterocycles. The molecule has 0 spiro atoms. The second-order valence-electron chi connectivity index (χ2n) is 3.72. The number of aromatic nitrogens is 1. The van der Waals surface area contributed by atoms with Crippen LogP contribution in [0.4, 0.5) is 4.39 Å². The molecule has 1 aromatic carbocycles. The molecule has 0 aliphatic carbocycles. The number of hydrogen-bond donors (Lipinski definition) is 0. The molecule has 0 atom stereocenters. The van der Waals surface area contributed by atoms with Gasteiger partial charge in [0, 0.05) is 11.1 Å². The van der Waals surface area contributed by atoms with Crippen LogP contribution in [0.1, 0.15) is 10.5 Å². The molecule has 0 amide bonds. The SMILES string of the molecule is COc1cccnc1C(=O)CSc1ccc(F)cc1. The molecule has 5 heteroatoms. The monoisotopic (exact) mass is 277 g/mol. The van der Waals surface area contributed by atoms with Crippen LogP contribution in [0.5, 0.6) is 5.75 Å². The zero-order valence-electron chi connectivity index (χ0n) is 10.3. The van der Waals surface area contributed by atoms with Gasteiger partial charge in [0.1, 0.15) is 17.3 Å². The molecule has 0 radical (unpaired) electrons. The predicted octanol–water partition coefficient (Wildman–Crippen LogP) is 3.20. The first-order valence-corrected chi connectivity index (χ1v) is 6.60. The van der Waals surface area contributed by atoms with Gasteiger partial charge in [-0.1, -0.05) is 0 Å². The number of hydrogen-bond acceptors (Lipinski definition) is 4. The third-order valence-corrected chi connectivity index (χ3v) is 3.45. The fourth-order valence-electron chi connectivity index (χ4n) is 1.51. The average molecular weight is 277 g/mol. The first-order chi connectivity index (χ1) is 9.20. The first-order valence-electron chi connectivity index (χ1n) is 5.61. The van der Waals surface area contributed by atoms with Crippen molar-refractivity contribution in [1.29, 1.82) is 0 Å². The van der Waals surface area contributed by atoms with Crippen LogP contribution in [-0.4, -0.2) is 23.6 Å². The smallest absolute Gasteiger partial charge is 0.195 e. The number of pyridine rings is 1. The highest BCUT2D eigenvalue weighted by Crippen LogP contribution is 2.22. The van der Waals surface area contributed by atoms with E-state index in [1.165, 1.54) is 31.0 Å². The second kappa shape index (κ2) is 6.33. The van der Waals surface area contributed by atoms with Crippen LogP contribution < -0.4 is 4.74 Å². The van der Waals surface area contributed by atoms with E-state index in [2.05, 4.69) is 4.98 Å². The molecule has 0 saturated heterocycles. The minimum Gasteiger partial charge on any atom is -0.494 e. The van der Waals surface area contributed by atoms with Crippen LogP contribution in [0.25, 0.3) is 0 Å². The summed E-state index contributed by atoms with van der Waals surface area (Å²) < 4.78 is 17.8. The third kappa shape index (κ3) is 3.54. The van der Waals surface area contributed by atoms with Crippen molar-refractivity contribution in [2.45, 2.75) is 4.90 Å². The standard InChI is InChI=1S/C14H12FNO2S/c1-18-13-3-2-8-16-14(13)12(17)9-19-11-6-4-10(15)5-7-11/h2-8H,9H2,1H3. The number of thioether (sulfide) groups is 1. The van der Waals surface area contributed by atoms with Gasteiger partial charge in [-0.25, -0.2) is 9.37 Å². The molecule has 0 saturated carbocycles. The zero-order valence-corrected chi connectivity index (χ0v) is 11.1. The lowest BCUT2D eigenvalue weighted by molar-refractivity contribution is 0.101. The van der Waals surface area contributed by atoms with Crippen LogP contribution in [0.15, 0.2) is 47.5 Å². The van der Waals surface area contributed by atoms with Crippen LogP contribution in [-0.2, 0) is 0 Å². The van der Waals surface area contributed by atoms with Crippen molar-refractivity contribution >= 4 is 17.5 Å². The maximum Gasteiger partial charge on any atom is 0.195 e. The van der Waals surface area contributed by atoms with E-state index in [1.807, 2.05) is 0 Å². The zero-order chi connectivity index (χ0) is 13.7. The second-order valence-corrected chi connectivity index (χ2v) is 4.77. The number of ketones is 1. The molecule has 0 aliphatic rings. The molecule has 1 heterocycles. The van der Waals surface area contributed by atoms with Crippen LogP contribution >= 0.6 is 11.8 Å². The van der Waals surface area contributed by atoms with Crippen LogP contribution in [0, 0.1) is 5.82 Å². The summed E-state index contributed by atoms with van der Waals surface area (Å²) >= 11 is 1.34. The van der Waals surface area contributed by atoms with Crippen molar-refractivity contribution in [3.05, 3.63) is 54.1 Å².